The third-order valence-corrected chi connectivity index (χ3v) is 3.63. The highest BCUT2D eigenvalue weighted by atomic mass is 16.5. The van der Waals surface area contributed by atoms with E-state index in [1.54, 1.807) is 10.7 Å². The number of aromatic nitrogens is 2. The number of fused-ring (bicyclic) bond motifs is 1. The minimum absolute atomic E-state index is 0.347. The summed E-state index contributed by atoms with van der Waals surface area (Å²) in [4.78, 5) is 14.2. The fraction of sp³-hybridized carbons (Fsp3) is 0.429. The molecule has 6 nitrogen and oxygen atoms in total. The zero-order valence-electron chi connectivity index (χ0n) is 11.7. The summed E-state index contributed by atoms with van der Waals surface area (Å²) in [6, 6.07) is 3.79. The number of hydrogen-bond acceptors (Lipinski definition) is 5. The van der Waals surface area contributed by atoms with E-state index in [1.165, 1.54) is 7.11 Å². The first kappa shape index (κ1) is 12.9. The van der Waals surface area contributed by atoms with Crippen LogP contribution in [-0.4, -0.2) is 49.0 Å². The molecule has 106 valence electrons. The molecule has 0 saturated carbocycles. The van der Waals surface area contributed by atoms with Crippen LogP contribution < -0.4 is 10.2 Å². The molecule has 0 atom stereocenters. The van der Waals surface area contributed by atoms with Crippen LogP contribution in [0.1, 0.15) is 10.4 Å². The van der Waals surface area contributed by atoms with Crippen molar-refractivity contribution in [2.24, 2.45) is 7.05 Å². The van der Waals surface area contributed by atoms with Gasteiger partial charge in [0.25, 0.3) is 0 Å². The average molecular weight is 274 g/mol. The second-order valence-corrected chi connectivity index (χ2v) is 4.93. The van der Waals surface area contributed by atoms with Gasteiger partial charge in [-0.15, -0.1) is 0 Å². The van der Waals surface area contributed by atoms with Crippen LogP contribution in [0.5, 0.6) is 0 Å². The highest BCUT2D eigenvalue weighted by Crippen LogP contribution is 2.29. The molecule has 0 unspecified atom stereocenters. The second kappa shape index (κ2) is 5.13. The number of anilines is 1. The molecule has 6 heteroatoms. The van der Waals surface area contributed by atoms with E-state index in [-0.39, 0.29) is 5.97 Å². The van der Waals surface area contributed by atoms with Crippen LogP contribution in [-0.2, 0) is 11.8 Å². The minimum Gasteiger partial charge on any atom is -0.465 e. The predicted molar refractivity (Wildman–Crippen MR) is 77.1 cm³/mol. The summed E-state index contributed by atoms with van der Waals surface area (Å²) >= 11 is 0. The van der Waals surface area contributed by atoms with E-state index in [4.69, 9.17) is 4.74 Å². The van der Waals surface area contributed by atoms with Gasteiger partial charge in [-0.05, 0) is 12.1 Å². The number of rotatable bonds is 2. The number of methoxy groups -OCH3 is 1. The topological polar surface area (TPSA) is 59.4 Å². The van der Waals surface area contributed by atoms with Crippen molar-refractivity contribution in [2.45, 2.75) is 0 Å². The lowest BCUT2D eigenvalue weighted by Gasteiger charge is -2.30. The van der Waals surface area contributed by atoms with Crippen LogP contribution in [0.15, 0.2) is 18.3 Å². The SMILES string of the molecule is COC(=O)c1ccc(N2CCNCC2)c2cn(C)nc12. The summed E-state index contributed by atoms with van der Waals surface area (Å²) in [6.07, 6.45) is 1.96. The van der Waals surface area contributed by atoms with Gasteiger partial charge in [-0.1, -0.05) is 0 Å². The number of nitrogens with zero attached hydrogens (tertiary/aromatic N) is 3. The number of esters is 1. The smallest absolute Gasteiger partial charge is 0.340 e. The summed E-state index contributed by atoms with van der Waals surface area (Å²) in [5.41, 5.74) is 2.35. The number of ether oxygens (including phenoxy) is 1. The molecule has 1 aromatic carbocycles. The molecular weight excluding hydrogens is 256 g/mol. The molecule has 0 amide bonds. The maximum Gasteiger partial charge on any atom is 0.340 e. The van der Waals surface area contributed by atoms with Gasteiger partial charge in [0.15, 0.2) is 0 Å². The van der Waals surface area contributed by atoms with E-state index >= 15 is 0 Å². The van der Waals surface area contributed by atoms with Gasteiger partial charge in [-0.2, -0.15) is 5.10 Å². The van der Waals surface area contributed by atoms with Crippen molar-refractivity contribution >= 4 is 22.6 Å². The molecule has 1 aliphatic rings. The van der Waals surface area contributed by atoms with E-state index < -0.39 is 0 Å². The first-order chi connectivity index (χ1) is 9.70. The number of piperazine rings is 1. The van der Waals surface area contributed by atoms with Crippen LogP contribution in [0, 0.1) is 0 Å². The number of nitrogens with one attached hydrogen (secondary N) is 1. The average Bonchev–Trinajstić information content (AvgIpc) is 2.87. The first-order valence-electron chi connectivity index (χ1n) is 6.71. The summed E-state index contributed by atoms with van der Waals surface area (Å²) in [5.74, 6) is -0.347. The monoisotopic (exact) mass is 274 g/mol. The van der Waals surface area contributed by atoms with Crippen molar-refractivity contribution in [2.75, 3.05) is 38.2 Å². The third-order valence-electron chi connectivity index (χ3n) is 3.63. The van der Waals surface area contributed by atoms with E-state index in [1.807, 2.05) is 19.3 Å². The molecular formula is C14H18N4O2. The van der Waals surface area contributed by atoms with Crippen molar-refractivity contribution in [1.29, 1.82) is 0 Å². The lowest BCUT2D eigenvalue weighted by Crippen LogP contribution is -2.43. The van der Waals surface area contributed by atoms with E-state index in [0.29, 0.717) is 11.1 Å². The zero-order chi connectivity index (χ0) is 14.1. The maximum absolute atomic E-state index is 11.8. The Morgan fingerprint density at radius 3 is 2.80 bits per heavy atom. The Hall–Kier alpha value is -2.08. The number of carbonyl (C=O) groups is 1. The van der Waals surface area contributed by atoms with Gasteiger partial charge < -0.3 is 15.0 Å². The van der Waals surface area contributed by atoms with Crippen LogP contribution in [0.2, 0.25) is 0 Å². The van der Waals surface area contributed by atoms with Crippen molar-refractivity contribution in [1.82, 2.24) is 15.1 Å². The Morgan fingerprint density at radius 2 is 2.10 bits per heavy atom. The summed E-state index contributed by atoms with van der Waals surface area (Å²) in [6.45, 7) is 3.87. The molecule has 0 radical (unpaired) electrons. The standard InChI is InChI=1S/C14H18N4O2/c1-17-9-11-12(18-7-5-15-6-8-18)4-3-10(13(11)16-17)14(19)20-2/h3-4,9,15H,5-8H2,1-2H3. The molecule has 0 aliphatic carbocycles. The molecule has 2 heterocycles. The second-order valence-electron chi connectivity index (χ2n) is 4.93. The molecule has 2 aromatic rings. The van der Waals surface area contributed by atoms with Gasteiger partial charge in [0.2, 0.25) is 0 Å². The Labute approximate surface area is 117 Å². The van der Waals surface area contributed by atoms with E-state index in [0.717, 1.165) is 37.3 Å². The largest absolute Gasteiger partial charge is 0.465 e. The number of benzene rings is 1. The molecule has 0 spiro atoms. The van der Waals surface area contributed by atoms with E-state index in [9.17, 15) is 4.79 Å². The van der Waals surface area contributed by atoms with Crippen molar-refractivity contribution < 1.29 is 9.53 Å². The van der Waals surface area contributed by atoms with Crippen LogP contribution in [0.3, 0.4) is 0 Å². The fourth-order valence-corrected chi connectivity index (χ4v) is 2.66. The molecule has 0 bridgehead atoms. The zero-order valence-corrected chi connectivity index (χ0v) is 11.7. The Morgan fingerprint density at radius 1 is 1.35 bits per heavy atom. The lowest BCUT2D eigenvalue weighted by molar-refractivity contribution is 0.0603. The molecule has 1 aromatic heterocycles. The minimum atomic E-state index is -0.347. The van der Waals surface area contributed by atoms with Crippen molar-refractivity contribution in [3.63, 3.8) is 0 Å². The van der Waals surface area contributed by atoms with Gasteiger partial charge in [0.05, 0.1) is 12.7 Å². The van der Waals surface area contributed by atoms with E-state index in [2.05, 4.69) is 15.3 Å². The predicted octanol–water partition coefficient (Wildman–Crippen LogP) is 0.769. The molecule has 3 rings (SSSR count). The summed E-state index contributed by atoms with van der Waals surface area (Å²) in [7, 11) is 3.25. The molecule has 1 saturated heterocycles. The number of carbonyl (C=O) groups excluding carboxylic acids is 1. The normalized spacial score (nSPS) is 15.6. The van der Waals surface area contributed by atoms with Crippen LogP contribution in [0.4, 0.5) is 5.69 Å². The first-order valence-corrected chi connectivity index (χ1v) is 6.71. The van der Waals surface area contributed by atoms with Crippen molar-refractivity contribution in [3.8, 4) is 0 Å². The number of hydrogen-bond donors (Lipinski definition) is 1. The summed E-state index contributed by atoms with van der Waals surface area (Å²) < 4.78 is 6.57. The van der Waals surface area contributed by atoms with Gasteiger partial charge >= 0.3 is 5.97 Å². The molecule has 1 aliphatic heterocycles. The summed E-state index contributed by atoms with van der Waals surface area (Å²) in [5, 5.41) is 8.75. The Kier molecular flexibility index (Phi) is 3.31. The highest BCUT2D eigenvalue weighted by molar-refractivity contribution is 6.06. The van der Waals surface area contributed by atoms with Gasteiger partial charge in [-0.25, -0.2) is 4.79 Å². The highest BCUT2D eigenvalue weighted by Gasteiger charge is 2.19. The molecule has 1 N–H and O–H groups in total. The maximum atomic E-state index is 11.8. The van der Waals surface area contributed by atoms with Gasteiger partial charge in [0.1, 0.15) is 5.52 Å². The Balaban J connectivity index is 2.12. The third kappa shape index (κ3) is 2.12. The fourth-order valence-electron chi connectivity index (χ4n) is 2.66. The van der Waals surface area contributed by atoms with Crippen molar-refractivity contribution in [3.05, 3.63) is 23.9 Å². The molecule has 20 heavy (non-hydrogen) atoms. The van der Waals surface area contributed by atoms with Crippen LogP contribution >= 0.6 is 0 Å². The van der Waals surface area contributed by atoms with Crippen LogP contribution in [0.25, 0.3) is 10.9 Å². The Bertz CT molecular complexity index is 644. The quantitative estimate of drug-likeness (QED) is 0.820. The number of aryl methyl sites for hydroxylation is 1. The van der Waals surface area contributed by atoms with Gasteiger partial charge in [-0.3, -0.25) is 4.68 Å². The molecule has 1 fully saturated rings. The van der Waals surface area contributed by atoms with Gasteiger partial charge in [0, 0.05) is 50.5 Å². The lowest BCUT2D eigenvalue weighted by atomic mass is 10.1.